The highest BCUT2D eigenvalue weighted by atomic mass is 35.5. The molecule has 5 rings (SSSR count). The Morgan fingerprint density at radius 2 is 1.78 bits per heavy atom. The van der Waals surface area contributed by atoms with Crippen molar-refractivity contribution >= 4 is 70.8 Å². The first-order valence-corrected chi connectivity index (χ1v) is 11.6. The Hall–Kier alpha value is -2.45. The number of benzene rings is 1. The topological polar surface area (TPSA) is 86.8 Å². The first kappa shape index (κ1) is 29.8. The number of aromatic amines is 1. The van der Waals surface area contributed by atoms with Crippen molar-refractivity contribution in [3.63, 3.8) is 0 Å². The zero-order valence-corrected chi connectivity index (χ0v) is 23.1. The molecule has 1 fully saturated rings. The Bertz CT molecular complexity index is 1320. The molecular formula is C26H33Cl3N6O. The molecule has 3 aromatic heterocycles. The summed E-state index contributed by atoms with van der Waals surface area (Å²) in [6, 6.07) is 10.4. The van der Waals surface area contributed by atoms with Gasteiger partial charge in [0.25, 0.3) is 0 Å². The van der Waals surface area contributed by atoms with E-state index in [1.165, 1.54) is 12.8 Å². The molecule has 0 saturated heterocycles. The Balaban J connectivity index is 0.00000152. The lowest BCUT2D eigenvalue weighted by atomic mass is 9.85. The van der Waals surface area contributed by atoms with Crippen LogP contribution in [0.2, 0.25) is 0 Å². The Labute approximate surface area is 230 Å². The fraction of sp³-hybridized carbons (Fsp3) is 0.385. The Morgan fingerprint density at radius 3 is 2.47 bits per heavy atom. The lowest BCUT2D eigenvalue weighted by molar-refractivity contribution is 0.101. The van der Waals surface area contributed by atoms with E-state index in [9.17, 15) is 4.79 Å². The molecular weight excluding hydrogens is 519 g/mol. The van der Waals surface area contributed by atoms with Crippen molar-refractivity contribution in [3.05, 3.63) is 48.4 Å². The van der Waals surface area contributed by atoms with Gasteiger partial charge in [-0.15, -0.1) is 37.2 Å². The predicted octanol–water partition coefficient (Wildman–Crippen LogP) is 6.17. The molecule has 194 valence electrons. The van der Waals surface area contributed by atoms with Gasteiger partial charge < -0.3 is 15.2 Å². The number of anilines is 1. The molecule has 4 aromatic rings. The second-order valence-corrected chi connectivity index (χ2v) is 9.43. The maximum Gasteiger partial charge on any atom is 0.163 e. The standard InChI is InChI=1S/C26H30N6O.3ClH/c1-16(33)20-13-27-23-11-10-21(18-6-9-22-24(12-18)29-15-28-22)31-26(23)25(20)30-19-7-4-17(5-8-19)14-32(2)3;;;/h6,9-13,15,17,19H,4-5,7-8,14H2,1-3H3,(H,27,30)(H,28,29);3*1H/t17-,19-;;;. The molecule has 0 spiro atoms. The van der Waals surface area contributed by atoms with Gasteiger partial charge in [0.15, 0.2) is 5.78 Å². The van der Waals surface area contributed by atoms with Gasteiger partial charge in [-0.1, -0.05) is 6.07 Å². The summed E-state index contributed by atoms with van der Waals surface area (Å²) in [5.74, 6) is 0.736. The van der Waals surface area contributed by atoms with Gasteiger partial charge in [0.2, 0.25) is 0 Å². The summed E-state index contributed by atoms with van der Waals surface area (Å²) >= 11 is 0. The summed E-state index contributed by atoms with van der Waals surface area (Å²) in [6.45, 7) is 2.73. The minimum absolute atomic E-state index is 0. The van der Waals surface area contributed by atoms with Crippen molar-refractivity contribution in [1.82, 2.24) is 24.8 Å². The SMILES string of the molecule is CC(=O)c1cnc2ccc(-c3ccc4[nH]cnc4c3)nc2c1N[C@H]1CC[C@H](CN(C)C)CC1.Cl.Cl.Cl. The Morgan fingerprint density at radius 1 is 1.03 bits per heavy atom. The number of halogens is 3. The summed E-state index contributed by atoms with van der Waals surface area (Å²) in [5.41, 5.74) is 6.67. The number of carbonyl (C=O) groups is 1. The molecule has 1 aromatic carbocycles. The maximum absolute atomic E-state index is 12.5. The summed E-state index contributed by atoms with van der Waals surface area (Å²) in [6.07, 6.45) is 7.94. The van der Waals surface area contributed by atoms with E-state index in [2.05, 4.69) is 39.3 Å². The Kier molecular flexibility index (Phi) is 10.5. The third-order valence-corrected chi connectivity index (χ3v) is 6.63. The fourth-order valence-corrected chi connectivity index (χ4v) is 4.94. The third-order valence-electron chi connectivity index (χ3n) is 6.63. The first-order chi connectivity index (χ1) is 16.0. The van der Waals surface area contributed by atoms with Gasteiger partial charge >= 0.3 is 0 Å². The summed E-state index contributed by atoms with van der Waals surface area (Å²) < 4.78 is 0. The van der Waals surface area contributed by atoms with Crippen LogP contribution in [0.4, 0.5) is 5.69 Å². The minimum atomic E-state index is -0.00154. The zero-order valence-electron chi connectivity index (χ0n) is 20.7. The van der Waals surface area contributed by atoms with Crippen LogP contribution in [0.3, 0.4) is 0 Å². The van der Waals surface area contributed by atoms with E-state index in [-0.39, 0.29) is 43.0 Å². The molecule has 0 atom stereocenters. The van der Waals surface area contributed by atoms with Crippen LogP contribution in [-0.4, -0.2) is 57.3 Å². The van der Waals surface area contributed by atoms with Gasteiger partial charge in [0, 0.05) is 24.3 Å². The number of Topliss-reactive ketones (excluding diaryl/α,β-unsaturated/α-hetero) is 1. The summed E-state index contributed by atoms with van der Waals surface area (Å²) in [5, 5.41) is 3.70. The van der Waals surface area contributed by atoms with Crippen molar-refractivity contribution in [2.45, 2.75) is 38.6 Å². The monoisotopic (exact) mass is 550 g/mol. The molecule has 0 aliphatic heterocycles. The number of hydrogen-bond donors (Lipinski definition) is 2. The molecule has 2 N–H and O–H groups in total. The average molecular weight is 552 g/mol. The second-order valence-electron chi connectivity index (χ2n) is 9.43. The third kappa shape index (κ3) is 6.27. The van der Waals surface area contributed by atoms with Crippen LogP contribution in [0, 0.1) is 5.92 Å². The van der Waals surface area contributed by atoms with Crippen molar-refractivity contribution in [3.8, 4) is 11.3 Å². The molecule has 36 heavy (non-hydrogen) atoms. The van der Waals surface area contributed by atoms with Gasteiger partial charge in [-0.05, 0) is 76.9 Å². The van der Waals surface area contributed by atoms with Crippen LogP contribution in [-0.2, 0) is 0 Å². The van der Waals surface area contributed by atoms with E-state index >= 15 is 0 Å². The van der Waals surface area contributed by atoms with Crippen LogP contribution in [0.5, 0.6) is 0 Å². The molecule has 0 radical (unpaired) electrons. The second kappa shape index (κ2) is 12.7. The molecule has 0 unspecified atom stereocenters. The highest BCUT2D eigenvalue weighted by Crippen LogP contribution is 2.32. The van der Waals surface area contributed by atoms with E-state index in [1.54, 1.807) is 19.4 Å². The number of pyridine rings is 2. The van der Waals surface area contributed by atoms with Crippen LogP contribution in [0.15, 0.2) is 42.9 Å². The normalized spacial score (nSPS) is 17.2. The van der Waals surface area contributed by atoms with Crippen molar-refractivity contribution in [2.24, 2.45) is 5.92 Å². The van der Waals surface area contributed by atoms with E-state index in [0.717, 1.165) is 64.3 Å². The first-order valence-electron chi connectivity index (χ1n) is 11.6. The molecule has 1 aliphatic rings. The van der Waals surface area contributed by atoms with Gasteiger partial charge in [-0.2, -0.15) is 0 Å². The number of ketones is 1. The molecule has 1 aliphatic carbocycles. The zero-order chi connectivity index (χ0) is 22.9. The van der Waals surface area contributed by atoms with Crippen molar-refractivity contribution in [2.75, 3.05) is 26.0 Å². The molecule has 0 bridgehead atoms. The highest BCUT2D eigenvalue weighted by molar-refractivity contribution is 6.06. The fourth-order valence-electron chi connectivity index (χ4n) is 4.94. The van der Waals surface area contributed by atoms with E-state index in [0.29, 0.717) is 11.6 Å². The number of nitrogens with zero attached hydrogens (tertiary/aromatic N) is 4. The summed E-state index contributed by atoms with van der Waals surface area (Å²) in [4.78, 5) is 31.7. The van der Waals surface area contributed by atoms with E-state index in [4.69, 9.17) is 4.98 Å². The van der Waals surface area contributed by atoms with Crippen LogP contribution in [0.25, 0.3) is 33.3 Å². The van der Waals surface area contributed by atoms with E-state index < -0.39 is 0 Å². The van der Waals surface area contributed by atoms with Gasteiger partial charge in [-0.25, -0.2) is 9.97 Å². The molecule has 1 saturated carbocycles. The number of rotatable bonds is 6. The van der Waals surface area contributed by atoms with Crippen molar-refractivity contribution in [1.29, 1.82) is 0 Å². The number of imidazole rings is 1. The largest absolute Gasteiger partial charge is 0.380 e. The smallest absolute Gasteiger partial charge is 0.163 e. The van der Waals surface area contributed by atoms with Crippen LogP contribution in [0.1, 0.15) is 43.0 Å². The van der Waals surface area contributed by atoms with E-state index in [1.807, 2.05) is 30.3 Å². The lowest BCUT2D eigenvalue weighted by Crippen LogP contribution is -2.31. The number of carbonyl (C=O) groups excluding carboxylic acids is 1. The van der Waals surface area contributed by atoms with Gasteiger partial charge in [0.1, 0.15) is 5.52 Å². The number of aromatic nitrogens is 4. The van der Waals surface area contributed by atoms with Crippen molar-refractivity contribution < 1.29 is 4.79 Å². The maximum atomic E-state index is 12.5. The summed E-state index contributed by atoms with van der Waals surface area (Å²) in [7, 11) is 4.28. The quantitative estimate of drug-likeness (QED) is 0.279. The molecule has 10 heteroatoms. The highest BCUT2D eigenvalue weighted by Gasteiger charge is 2.24. The lowest BCUT2D eigenvalue weighted by Gasteiger charge is -2.31. The molecule has 3 heterocycles. The molecule has 7 nitrogen and oxygen atoms in total. The number of H-pyrrole nitrogens is 1. The number of fused-ring (bicyclic) bond motifs is 2. The van der Waals surface area contributed by atoms with Crippen LogP contribution >= 0.6 is 37.2 Å². The van der Waals surface area contributed by atoms with Gasteiger partial charge in [-0.3, -0.25) is 9.78 Å². The van der Waals surface area contributed by atoms with Gasteiger partial charge in [0.05, 0.1) is 39.8 Å². The predicted molar refractivity (Wildman–Crippen MR) is 154 cm³/mol. The average Bonchev–Trinajstić information content (AvgIpc) is 3.27. The minimum Gasteiger partial charge on any atom is -0.380 e. The number of hydrogen-bond acceptors (Lipinski definition) is 6. The molecule has 0 amide bonds. The van der Waals surface area contributed by atoms with Crippen LogP contribution < -0.4 is 5.32 Å². The number of nitrogens with one attached hydrogen (secondary N) is 2.